The molecule has 0 aromatic carbocycles. The van der Waals surface area contributed by atoms with Gasteiger partial charge in [0.15, 0.2) is 0 Å². The quantitative estimate of drug-likeness (QED) is 0.475. The van der Waals surface area contributed by atoms with E-state index in [1.165, 1.54) is 18.4 Å². The number of amides is 1. The lowest BCUT2D eigenvalue weighted by Crippen LogP contribution is -2.44. The van der Waals surface area contributed by atoms with Crippen molar-refractivity contribution in [2.24, 2.45) is 5.92 Å². The van der Waals surface area contributed by atoms with Gasteiger partial charge in [-0.25, -0.2) is 9.97 Å². The molecule has 2 N–H and O–H groups in total. The molecule has 2 unspecified atom stereocenters. The molecule has 4 aromatic heterocycles. The fraction of sp³-hybridized carbons (Fsp3) is 0.423. The van der Waals surface area contributed by atoms with Gasteiger partial charge in [-0.2, -0.15) is 4.98 Å². The molecule has 3 aliphatic rings. The van der Waals surface area contributed by atoms with E-state index in [1.54, 1.807) is 17.8 Å². The van der Waals surface area contributed by atoms with E-state index in [0.29, 0.717) is 35.2 Å². The van der Waals surface area contributed by atoms with Crippen LogP contribution in [0.3, 0.4) is 0 Å². The maximum absolute atomic E-state index is 12.9. The van der Waals surface area contributed by atoms with Crippen LogP contribution in [0.4, 0.5) is 5.82 Å². The van der Waals surface area contributed by atoms with Crippen molar-refractivity contribution in [3.05, 3.63) is 48.0 Å². The molecule has 1 amide bonds. The Hall–Kier alpha value is -3.59. The van der Waals surface area contributed by atoms with Crippen LogP contribution in [-0.2, 0) is 0 Å². The Labute approximate surface area is 203 Å². The topological polar surface area (TPSA) is 101 Å². The lowest BCUT2D eigenvalue weighted by Gasteiger charge is -2.33. The molecule has 0 spiro atoms. The van der Waals surface area contributed by atoms with Crippen molar-refractivity contribution in [1.29, 1.82) is 0 Å². The molecule has 6 heterocycles. The number of piperidine rings is 1. The fourth-order valence-corrected chi connectivity index (χ4v) is 5.97. The van der Waals surface area contributed by atoms with Crippen molar-refractivity contribution in [3.63, 3.8) is 0 Å². The third-order valence-corrected chi connectivity index (χ3v) is 7.82. The molecule has 2 atom stereocenters. The standard InChI is InChI=1S/C26H28N8O/c1-27-25(35)21-11-16-3-2-8-30-23(16)34(21)26-31-19-14-29-13-18(15-4-5-15)22(19)24(32-26)33-10-7-17-12-28-9-6-20(17)33/h2-3,8,11,13-15,17,20,28H,4-7,9-10,12H2,1H3,(H,27,35). The van der Waals surface area contributed by atoms with E-state index >= 15 is 0 Å². The zero-order valence-corrected chi connectivity index (χ0v) is 19.7. The predicted molar refractivity (Wildman–Crippen MR) is 134 cm³/mol. The predicted octanol–water partition coefficient (Wildman–Crippen LogP) is 2.79. The number of nitrogens with one attached hydrogen (secondary N) is 2. The maximum Gasteiger partial charge on any atom is 0.268 e. The van der Waals surface area contributed by atoms with E-state index in [2.05, 4.69) is 25.5 Å². The second kappa shape index (κ2) is 7.98. The summed E-state index contributed by atoms with van der Waals surface area (Å²) in [6.07, 6.45) is 10.2. The summed E-state index contributed by atoms with van der Waals surface area (Å²) in [5.41, 5.74) is 3.22. The van der Waals surface area contributed by atoms with Gasteiger partial charge in [0.05, 0.1) is 11.7 Å². The first-order valence-electron chi connectivity index (χ1n) is 12.5. The van der Waals surface area contributed by atoms with Gasteiger partial charge in [-0.3, -0.25) is 14.3 Å². The lowest BCUT2D eigenvalue weighted by atomic mass is 9.94. The summed E-state index contributed by atoms with van der Waals surface area (Å²) in [5.74, 6) is 2.40. The van der Waals surface area contributed by atoms with Gasteiger partial charge in [-0.1, -0.05) is 0 Å². The summed E-state index contributed by atoms with van der Waals surface area (Å²) in [7, 11) is 1.64. The Morgan fingerprint density at radius 3 is 2.94 bits per heavy atom. The second-order valence-corrected chi connectivity index (χ2v) is 9.91. The van der Waals surface area contributed by atoms with Crippen LogP contribution in [0.1, 0.15) is 47.7 Å². The fourth-order valence-electron chi connectivity index (χ4n) is 5.97. The van der Waals surface area contributed by atoms with Crippen LogP contribution in [0.25, 0.3) is 27.9 Å². The van der Waals surface area contributed by atoms with E-state index in [0.717, 1.165) is 54.6 Å². The molecule has 9 heteroatoms. The van der Waals surface area contributed by atoms with E-state index in [1.807, 2.05) is 30.6 Å². The van der Waals surface area contributed by atoms with Crippen molar-refractivity contribution in [3.8, 4) is 5.95 Å². The highest BCUT2D eigenvalue weighted by molar-refractivity contribution is 5.99. The van der Waals surface area contributed by atoms with Gasteiger partial charge in [-0.15, -0.1) is 0 Å². The Kier molecular flexibility index (Phi) is 4.73. The maximum atomic E-state index is 12.9. The van der Waals surface area contributed by atoms with Gasteiger partial charge >= 0.3 is 0 Å². The number of fused-ring (bicyclic) bond motifs is 3. The van der Waals surface area contributed by atoms with Crippen molar-refractivity contribution >= 4 is 33.7 Å². The zero-order valence-electron chi connectivity index (χ0n) is 19.7. The van der Waals surface area contributed by atoms with E-state index in [9.17, 15) is 4.79 Å². The Balaban J connectivity index is 1.49. The van der Waals surface area contributed by atoms with E-state index in [-0.39, 0.29) is 5.91 Å². The second-order valence-electron chi connectivity index (χ2n) is 9.91. The number of aromatic nitrogens is 5. The zero-order chi connectivity index (χ0) is 23.5. The molecule has 1 aliphatic carbocycles. The summed E-state index contributed by atoms with van der Waals surface area (Å²) in [6, 6.07) is 6.15. The number of rotatable bonds is 4. The third-order valence-electron chi connectivity index (χ3n) is 7.82. The van der Waals surface area contributed by atoms with Crippen LogP contribution in [0.2, 0.25) is 0 Å². The molecule has 178 valence electrons. The highest BCUT2D eigenvalue weighted by Crippen LogP contribution is 2.46. The van der Waals surface area contributed by atoms with Gasteiger partial charge < -0.3 is 15.5 Å². The molecular weight excluding hydrogens is 440 g/mol. The summed E-state index contributed by atoms with van der Waals surface area (Å²) < 4.78 is 1.79. The van der Waals surface area contributed by atoms with Crippen LogP contribution >= 0.6 is 0 Å². The number of carbonyl (C=O) groups is 1. The Morgan fingerprint density at radius 2 is 2.09 bits per heavy atom. The first kappa shape index (κ1) is 20.8. The number of carbonyl (C=O) groups excluding carboxylic acids is 1. The molecule has 2 saturated heterocycles. The van der Waals surface area contributed by atoms with E-state index in [4.69, 9.17) is 9.97 Å². The number of hydrogen-bond acceptors (Lipinski definition) is 7. The smallest absolute Gasteiger partial charge is 0.268 e. The minimum atomic E-state index is -0.197. The largest absolute Gasteiger partial charge is 0.354 e. The van der Waals surface area contributed by atoms with Crippen molar-refractivity contribution in [2.45, 2.75) is 37.6 Å². The van der Waals surface area contributed by atoms with Gasteiger partial charge in [0.25, 0.3) is 5.91 Å². The first-order chi connectivity index (χ1) is 17.2. The Morgan fingerprint density at radius 1 is 1.17 bits per heavy atom. The first-order valence-corrected chi connectivity index (χ1v) is 12.5. The average molecular weight is 469 g/mol. The summed E-state index contributed by atoms with van der Waals surface area (Å²) in [5, 5.41) is 8.31. The molecular formula is C26H28N8O. The summed E-state index contributed by atoms with van der Waals surface area (Å²) in [4.78, 5) is 34.7. The SMILES string of the molecule is CNC(=O)c1cc2cccnc2n1-c1nc(N2CCC3CNCCC32)c2c(C3CC3)cncc2n1. The van der Waals surface area contributed by atoms with Crippen LogP contribution in [0.5, 0.6) is 0 Å². The molecule has 0 radical (unpaired) electrons. The third kappa shape index (κ3) is 3.29. The summed E-state index contributed by atoms with van der Waals surface area (Å²) >= 11 is 0. The molecule has 7 rings (SSSR count). The van der Waals surface area contributed by atoms with Crippen molar-refractivity contribution < 1.29 is 4.79 Å². The van der Waals surface area contributed by atoms with Gasteiger partial charge in [-0.05, 0) is 74.4 Å². The minimum absolute atomic E-state index is 0.197. The summed E-state index contributed by atoms with van der Waals surface area (Å²) in [6.45, 7) is 3.06. The average Bonchev–Trinajstić information content (AvgIpc) is 3.54. The molecule has 4 aromatic rings. The van der Waals surface area contributed by atoms with Crippen molar-refractivity contribution in [1.82, 2.24) is 35.1 Å². The van der Waals surface area contributed by atoms with Crippen LogP contribution in [0.15, 0.2) is 36.8 Å². The Bertz CT molecular complexity index is 1460. The molecule has 3 fully saturated rings. The van der Waals surface area contributed by atoms with Crippen molar-refractivity contribution in [2.75, 3.05) is 31.6 Å². The monoisotopic (exact) mass is 468 g/mol. The molecule has 2 aliphatic heterocycles. The number of pyridine rings is 2. The number of hydrogen-bond donors (Lipinski definition) is 2. The normalized spacial score (nSPS) is 22.0. The highest BCUT2D eigenvalue weighted by atomic mass is 16.1. The molecule has 0 bridgehead atoms. The molecule has 1 saturated carbocycles. The van der Waals surface area contributed by atoms with Gasteiger partial charge in [0.2, 0.25) is 5.95 Å². The van der Waals surface area contributed by atoms with Crippen LogP contribution in [0, 0.1) is 5.92 Å². The highest BCUT2D eigenvalue weighted by Gasteiger charge is 2.39. The van der Waals surface area contributed by atoms with Gasteiger partial charge in [0, 0.05) is 42.8 Å². The van der Waals surface area contributed by atoms with Crippen LogP contribution < -0.4 is 15.5 Å². The van der Waals surface area contributed by atoms with Gasteiger partial charge in [0.1, 0.15) is 17.2 Å². The molecule has 9 nitrogen and oxygen atoms in total. The minimum Gasteiger partial charge on any atom is -0.354 e. The lowest BCUT2D eigenvalue weighted by molar-refractivity contribution is 0.0956. The number of nitrogens with zero attached hydrogens (tertiary/aromatic N) is 6. The van der Waals surface area contributed by atoms with Crippen LogP contribution in [-0.4, -0.2) is 63.1 Å². The number of anilines is 1. The van der Waals surface area contributed by atoms with E-state index < -0.39 is 0 Å². The molecule has 35 heavy (non-hydrogen) atoms.